The third-order valence-corrected chi connectivity index (χ3v) is 3.37. The predicted molar refractivity (Wildman–Crippen MR) is 73.2 cm³/mol. The molecule has 2 nitrogen and oxygen atoms in total. The SMILES string of the molecule is CCC(CO)NCC(c1ccccc1)C(C)C. The molecule has 0 saturated carbocycles. The van der Waals surface area contributed by atoms with E-state index in [9.17, 15) is 5.11 Å². The lowest BCUT2D eigenvalue weighted by molar-refractivity contribution is 0.234. The van der Waals surface area contributed by atoms with Crippen molar-refractivity contribution < 1.29 is 5.11 Å². The molecule has 0 heterocycles. The lowest BCUT2D eigenvalue weighted by Gasteiger charge is -2.24. The Bertz CT molecular complexity index is 293. The summed E-state index contributed by atoms with van der Waals surface area (Å²) < 4.78 is 0. The Morgan fingerprint density at radius 3 is 2.29 bits per heavy atom. The molecule has 2 heteroatoms. The first kappa shape index (κ1) is 14.2. The molecule has 17 heavy (non-hydrogen) atoms. The Kier molecular flexibility index (Phi) is 6.23. The van der Waals surface area contributed by atoms with E-state index >= 15 is 0 Å². The number of rotatable bonds is 7. The maximum Gasteiger partial charge on any atom is 0.0584 e. The van der Waals surface area contributed by atoms with Crippen LogP contribution in [-0.2, 0) is 0 Å². The maximum atomic E-state index is 9.19. The van der Waals surface area contributed by atoms with Gasteiger partial charge in [0.15, 0.2) is 0 Å². The van der Waals surface area contributed by atoms with Gasteiger partial charge in [-0.25, -0.2) is 0 Å². The van der Waals surface area contributed by atoms with Gasteiger partial charge in [-0.05, 0) is 23.8 Å². The van der Waals surface area contributed by atoms with E-state index < -0.39 is 0 Å². The fraction of sp³-hybridized carbons (Fsp3) is 0.600. The normalized spacial score (nSPS) is 14.9. The minimum atomic E-state index is 0.218. The number of aliphatic hydroxyl groups excluding tert-OH is 1. The summed E-state index contributed by atoms with van der Waals surface area (Å²) in [6.07, 6.45) is 0.968. The van der Waals surface area contributed by atoms with E-state index in [0.29, 0.717) is 11.8 Å². The summed E-state index contributed by atoms with van der Waals surface area (Å²) in [5.74, 6) is 1.11. The summed E-state index contributed by atoms with van der Waals surface area (Å²) in [4.78, 5) is 0. The van der Waals surface area contributed by atoms with Gasteiger partial charge >= 0.3 is 0 Å². The quantitative estimate of drug-likeness (QED) is 0.761. The molecule has 0 amide bonds. The zero-order valence-corrected chi connectivity index (χ0v) is 11.2. The summed E-state index contributed by atoms with van der Waals surface area (Å²) >= 11 is 0. The molecule has 96 valence electrons. The van der Waals surface area contributed by atoms with E-state index in [1.165, 1.54) is 5.56 Å². The molecule has 0 aromatic heterocycles. The van der Waals surface area contributed by atoms with Crippen LogP contribution < -0.4 is 5.32 Å². The van der Waals surface area contributed by atoms with E-state index in [0.717, 1.165) is 13.0 Å². The predicted octanol–water partition coefficient (Wildman–Crippen LogP) is 2.79. The number of hydrogen-bond donors (Lipinski definition) is 2. The first-order valence-electron chi connectivity index (χ1n) is 6.58. The summed E-state index contributed by atoms with van der Waals surface area (Å²) in [6.45, 7) is 7.75. The first-order chi connectivity index (χ1) is 8.19. The molecule has 0 bridgehead atoms. The monoisotopic (exact) mass is 235 g/mol. The molecule has 0 saturated heterocycles. The Hall–Kier alpha value is -0.860. The highest BCUT2D eigenvalue weighted by Crippen LogP contribution is 2.23. The lowest BCUT2D eigenvalue weighted by atomic mass is 9.88. The summed E-state index contributed by atoms with van der Waals surface area (Å²) in [5.41, 5.74) is 1.38. The molecule has 0 radical (unpaired) electrons. The van der Waals surface area contributed by atoms with Gasteiger partial charge < -0.3 is 10.4 Å². The van der Waals surface area contributed by atoms with Crippen LogP contribution in [0.3, 0.4) is 0 Å². The lowest BCUT2D eigenvalue weighted by Crippen LogP contribution is -2.36. The van der Waals surface area contributed by atoms with Crippen LogP contribution in [-0.4, -0.2) is 24.3 Å². The molecule has 1 aromatic carbocycles. The van der Waals surface area contributed by atoms with Crippen molar-refractivity contribution in [3.8, 4) is 0 Å². The van der Waals surface area contributed by atoms with E-state index in [-0.39, 0.29) is 12.6 Å². The highest BCUT2D eigenvalue weighted by Gasteiger charge is 2.16. The molecule has 1 rings (SSSR count). The summed E-state index contributed by atoms with van der Waals surface area (Å²) in [7, 11) is 0. The van der Waals surface area contributed by atoms with E-state index in [1.54, 1.807) is 0 Å². The van der Waals surface area contributed by atoms with Crippen LogP contribution in [0.15, 0.2) is 30.3 Å². The standard InChI is InChI=1S/C15H25NO/c1-4-14(11-17)16-10-15(12(2)3)13-8-6-5-7-9-13/h5-9,12,14-17H,4,10-11H2,1-3H3. The highest BCUT2D eigenvalue weighted by molar-refractivity contribution is 5.20. The Morgan fingerprint density at radius 2 is 1.82 bits per heavy atom. The minimum Gasteiger partial charge on any atom is -0.395 e. The molecule has 0 aliphatic heterocycles. The van der Waals surface area contributed by atoms with E-state index in [2.05, 4.69) is 56.4 Å². The van der Waals surface area contributed by atoms with Crippen molar-refractivity contribution in [1.29, 1.82) is 0 Å². The highest BCUT2D eigenvalue weighted by atomic mass is 16.3. The molecule has 0 spiro atoms. The van der Waals surface area contributed by atoms with Gasteiger partial charge in [-0.15, -0.1) is 0 Å². The summed E-state index contributed by atoms with van der Waals surface area (Å²) in [5, 5.41) is 12.6. The fourth-order valence-electron chi connectivity index (χ4n) is 2.07. The van der Waals surface area contributed by atoms with Crippen LogP contribution in [0, 0.1) is 5.92 Å². The average molecular weight is 235 g/mol. The van der Waals surface area contributed by atoms with Crippen molar-refractivity contribution in [2.45, 2.75) is 39.2 Å². The molecular weight excluding hydrogens is 210 g/mol. The van der Waals surface area contributed by atoms with Crippen LogP contribution in [0.4, 0.5) is 0 Å². The second-order valence-electron chi connectivity index (χ2n) is 4.96. The van der Waals surface area contributed by atoms with Gasteiger partial charge in [0, 0.05) is 12.6 Å². The van der Waals surface area contributed by atoms with Crippen LogP contribution in [0.1, 0.15) is 38.7 Å². The second kappa shape index (κ2) is 7.46. The molecule has 2 unspecified atom stereocenters. The number of hydrogen-bond acceptors (Lipinski definition) is 2. The Morgan fingerprint density at radius 1 is 1.18 bits per heavy atom. The van der Waals surface area contributed by atoms with E-state index in [4.69, 9.17) is 0 Å². The van der Waals surface area contributed by atoms with Crippen LogP contribution in [0.25, 0.3) is 0 Å². The van der Waals surface area contributed by atoms with Gasteiger partial charge in [-0.1, -0.05) is 51.1 Å². The van der Waals surface area contributed by atoms with E-state index in [1.807, 2.05) is 0 Å². The second-order valence-corrected chi connectivity index (χ2v) is 4.96. The molecule has 0 aliphatic rings. The maximum absolute atomic E-state index is 9.19. The van der Waals surface area contributed by atoms with Crippen LogP contribution in [0.2, 0.25) is 0 Å². The number of nitrogens with one attached hydrogen (secondary N) is 1. The largest absolute Gasteiger partial charge is 0.395 e. The fourth-order valence-corrected chi connectivity index (χ4v) is 2.07. The van der Waals surface area contributed by atoms with Crippen molar-refractivity contribution in [2.75, 3.05) is 13.2 Å². The van der Waals surface area contributed by atoms with Crippen molar-refractivity contribution in [3.05, 3.63) is 35.9 Å². The molecular formula is C15H25NO. The van der Waals surface area contributed by atoms with Gasteiger partial charge in [0.25, 0.3) is 0 Å². The van der Waals surface area contributed by atoms with Gasteiger partial charge in [0.1, 0.15) is 0 Å². The molecule has 2 atom stereocenters. The van der Waals surface area contributed by atoms with Crippen LogP contribution >= 0.6 is 0 Å². The van der Waals surface area contributed by atoms with Crippen molar-refractivity contribution in [3.63, 3.8) is 0 Å². The minimum absolute atomic E-state index is 0.218. The van der Waals surface area contributed by atoms with Crippen LogP contribution in [0.5, 0.6) is 0 Å². The van der Waals surface area contributed by atoms with Crippen molar-refractivity contribution in [1.82, 2.24) is 5.32 Å². The van der Waals surface area contributed by atoms with Crippen molar-refractivity contribution >= 4 is 0 Å². The molecule has 1 aromatic rings. The zero-order chi connectivity index (χ0) is 12.7. The third kappa shape index (κ3) is 4.49. The zero-order valence-electron chi connectivity index (χ0n) is 11.2. The van der Waals surface area contributed by atoms with Crippen molar-refractivity contribution in [2.24, 2.45) is 5.92 Å². The Labute approximate surface area is 105 Å². The topological polar surface area (TPSA) is 32.3 Å². The smallest absolute Gasteiger partial charge is 0.0584 e. The third-order valence-electron chi connectivity index (χ3n) is 3.37. The molecule has 2 N–H and O–H groups in total. The number of aliphatic hydroxyl groups is 1. The van der Waals surface area contributed by atoms with Gasteiger partial charge in [0.2, 0.25) is 0 Å². The molecule has 0 aliphatic carbocycles. The average Bonchev–Trinajstić information content (AvgIpc) is 2.35. The van der Waals surface area contributed by atoms with Gasteiger partial charge in [0.05, 0.1) is 6.61 Å². The van der Waals surface area contributed by atoms with Gasteiger partial charge in [-0.3, -0.25) is 0 Å². The first-order valence-corrected chi connectivity index (χ1v) is 6.58. The Balaban J connectivity index is 2.62. The number of benzene rings is 1. The van der Waals surface area contributed by atoms with Gasteiger partial charge in [-0.2, -0.15) is 0 Å². The summed E-state index contributed by atoms with van der Waals surface area (Å²) in [6, 6.07) is 10.8. The molecule has 0 fully saturated rings.